The first-order valence-electron chi connectivity index (χ1n) is 7.59. The Kier molecular flexibility index (Phi) is 35.6. The van der Waals surface area contributed by atoms with E-state index in [4.69, 9.17) is 39.9 Å². The molecule has 4 heteroatoms. The van der Waals surface area contributed by atoms with Gasteiger partial charge in [-0.2, -0.15) is 0 Å². The minimum absolute atomic E-state index is 0.250. The first-order chi connectivity index (χ1) is 9.06. The van der Waals surface area contributed by atoms with E-state index in [2.05, 4.69) is 13.8 Å². The third kappa shape index (κ3) is 55.2. The third-order valence-electron chi connectivity index (χ3n) is 2.46. The van der Waals surface area contributed by atoms with Gasteiger partial charge < -0.3 is 5.11 Å². The fourth-order valence-corrected chi connectivity index (χ4v) is 1.56. The molecule has 0 spiro atoms. The van der Waals surface area contributed by atoms with Gasteiger partial charge in [-0.25, -0.2) is 0 Å². The summed E-state index contributed by atoms with van der Waals surface area (Å²) in [5, 5.41) is 7.57. The van der Waals surface area contributed by atoms with Crippen molar-refractivity contribution in [1.29, 1.82) is 0 Å². The predicted octanol–water partition coefficient (Wildman–Crippen LogP) is 6.91. The first-order valence-corrected chi connectivity index (χ1v) is 8.90. The Morgan fingerprint density at radius 3 is 1.00 bits per heavy atom. The van der Waals surface area contributed by atoms with Gasteiger partial charge in [0.1, 0.15) is 0 Å². The SMILES string of the molecule is C1CCCCC1.CCCCCC.CCO.ClC(Cl)Cl. The van der Waals surface area contributed by atoms with Crippen molar-refractivity contribution >= 4 is 34.8 Å². The molecule has 0 bridgehead atoms. The average Bonchev–Trinajstić information content (AvgIpc) is 2.39. The van der Waals surface area contributed by atoms with E-state index in [1.165, 1.54) is 64.2 Å². The molecule has 0 atom stereocenters. The quantitative estimate of drug-likeness (QED) is 0.438. The standard InChI is InChI=1S/C6H12.C6H14.C2H6O.CHCl3/c1-2-4-6-5-3-1;1-3-5-6-4-2;1-2-3;2-1(3)4/h1-6H2;3-6H2,1-2H3;3H,2H2,1H3;1H. The molecule has 0 aliphatic heterocycles. The Morgan fingerprint density at radius 2 is 0.895 bits per heavy atom. The molecule has 1 nitrogen and oxygen atoms in total. The first kappa shape index (κ1) is 24.8. The van der Waals surface area contributed by atoms with Gasteiger partial charge in [0.25, 0.3) is 0 Å². The summed E-state index contributed by atoms with van der Waals surface area (Å²) < 4.78 is -0.750. The van der Waals surface area contributed by atoms with Crippen molar-refractivity contribution < 1.29 is 5.11 Å². The lowest BCUT2D eigenvalue weighted by molar-refractivity contribution is 0.318. The van der Waals surface area contributed by atoms with Crippen LogP contribution < -0.4 is 0 Å². The molecule has 1 fully saturated rings. The minimum atomic E-state index is -0.750. The van der Waals surface area contributed by atoms with Gasteiger partial charge in [-0.3, -0.25) is 0 Å². The van der Waals surface area contributed by atoms with E-state index in [1.807, 2.05) is 0 Å². The number of aliphatic hydroxyl groups excluding tert-OH is 1. The number of hydrogen-bond acceptors (Lipinski definition) is 1. The zero-order valence-electron chi connectivity index (χ0n) is 12.9. The largest absolute Gasteiger partial charge is 0.397 e. The number of unbranched alkanes of at least 4 members (excludes halogenated alkanes) is 3. The van der Waals surface area contributed by atoms with Gasteiger partial charge in [0.15, 0.2) is 4.30 Å². The number of halogens is 3. The van der Waals surface area contributed by atoms with Gasteiger partial charge in [-0.05, 0) is 6.92 Å². The second-order valence-electron chi connectivity index (χ2n) is 4.39. The fourth-order valence-electron chi connectivity index (χ4n) is 1.56. The van der Waals surface area contributed by atoms with E-state index in [0.29, 0.717) is 0 Å². The van der Waals surface area contributed by atoms with E-state index in [-0.39, 0.29) is 6.61 Å². The topological polar surface area (TPSA) is 20.2 Å². The van der Waals surface area contributed by atoms with Crippen molar-refractivity contribution in [3.63, 3.8) is 0 Å². The lowest BCUT2D eigenvalue weighted by Crippen LogP contribution is -1.85. The maximum Gasteiger partial charge on any atom is 0.180 e. The van der Waals surface area contributed by atoms with Crippen molar-refractivity contribution in [2.75, 3.05) is 6.61 Å². The van der Waals surface area contributed by atoms with Gasteiger partial charge in [-0.1, -0.05) is 113 Å². The number of hydrogen-bond donors (Lipinski definition) is 1. The molecular formula is C15H33Cl3O. The van der Waals surface area contributed by atoms with E-state index in [1.54, 1.807) is 6.92 Å². The van der Waals surface area contributed by atoms with Crippen LogP contribution in [0.25, 0.3) is 0 Å². The summed E-state index contributed by atoms with van der Waals surface area (Å²) in [7, 11) is 0. The lowest BCUT2D eigenvalue weighted by Gasteiger charge is -2.05. The lowest BCUT2D eigenvalue weighted by atomic mass is 10.0. The molecule has 0 aromatic rings. The molecule has 1 aliphatic carbocycles. The third-order valence-corrected chi connectivity index (χ3v) is 2.46. The predicted molar refractivity (Wildman–Crippen MR) is 91.6 cm³/mol. The van der Waals surface area contributed by atoms with Crippen LogP contribution in [-0.2, 0) is 0 Å². The summed E-state index contributed by atoms with van der Waals surface area (Å²) in [6.07, 6.45) is 14.5. The Bertz CT molecular complexity index is 99.7. The van der Waals surface area contributed by atoms with Crippen LogP contribution in [-0.4, -0.2) is 16.0 Å². The summed E-state index contributed by atoms with van der Waals surface area (Å²) in [6.45, 7) is 6.39. The zero-order valence-corrected chi connectivity index (χ0v) is 15.2. The van der Waals surface area contributed by atoms with E-state index in [0.717, 1.165) is 0 Å². The molecule has 19 heavy (non-hydrogen) atoms. The highest BCUT2D eigenvalue weighted by molar-refractivity contribution is 6.63. The van der Waals surface area contributed by atoms with Gasteiger partial charge in [0.05, 0.1) is 0 Å². The molecule has 1 rings (SSSR count). The number of alkyl halides is 3. The molecule has 0 heterocycles. The molecule has 0 unspecified atom stereocenters. The van der Waals surface area contributed by atoms with Crippen LogP contribution in [0.1, 0.15) is 85.0 Å². The Morgan fingerprint density at radius 1 is 0.737 bits per heavy atom. The summed E-state index contributed by atoms with van der Waals surface area (Å²) in [4.78, 5) is 0. The summed E-state index contributed by atoms with van der Waals surface area (Å²) in [5.41, 5.74) is 0. The molecule has 120 valence electrons. The van der Waals surface area contributed by atoms with Crippen LogP contribution in [0, 0.1) is 0 Å². The minimum Gasteiger partial charge on any atom is -0.397 e. The van der Waals surface area contributed by atoms with Crippen LogP contribution >= 0.6 is 34.8 Å². The maximum absolute atomic E-state index is 7.57. The molecule has 1 aliphatic rings. The van der Waals surface area contributed by atoms with Gasteiger partial charge >= 0.3 is 0 Å². The van der Waals surface area contributed by atoms with Crippen LogP contribution in [0.5, 0.6) is 0 Å². The Balaban J connectivity index is -0.000000187. The van der Waals surface area contributed by atoms with Crippen molar-refractivity contribution in [2.45, 2.75) is 89.3 Å². The summed E-state index contributed by atoms with van der Waals surface area (Å²) >= 11 is 14.4. The molecule has 0 amide bonds. The molecular weight excluding hydrogens is 303 g/mol. The van der Waals surface area contributed by atoms with E-state index < -0.39 is 4.30 Å². The van der Waals surface area contributed by atoms with Crippen molar-refractivity contribution in [3.05, 3.63) is 0 Å². The van der Waals surface area contributed by atoms with E-state index >= 15 is 0 Å². The van der Waals surface area contributed by atoms with Gasteiger partial charge in [0.2, 0.25) is 0 Å². The highest BCUT2D eigenvalue weighted by Crippen LogP contribution is 2.15. The summed E-state index contributed by atoms with van der Waals surface area (Å²) in [6, 6.07) is 0. The zero-order chi connectivity index (χ0) is 15.4. The number of rotatable bonds is 3. The van der Waals surface area contributed by atoms with Crippen molar-refractivity contribution in [1.82, 2.24) is 0 Å². The van der Waals surface area contributed by atoms with Crippen molar-refractivity contribution in [2.24, 2.45) is 0 Å². The van der Waals surface area contributed by atoms with Gasteiger partial charge in [-0.15, -0.1) is 0 Å². The number of aliphatic hydroxyl groups is 1. The fraction of sp³-hybridized carbons (Fsp3) is 1.00. The molecule has 0 aromatic carbocycles. The van der Waals surface area contributed by atoms with Gasteiger partial charge in [0, 0.05) is 6.61 Å². The normalized spacial score (nSPS) is 13.3. The second-order valence-corrected chi connectivity index (χ2v) is 6.37. The maximum atomic E-state index is 7.57. The van der Waals surface area contributed by atoms with E-state index in [9.17, 15) is 0 Å². The molecule has 0 aromatic heterocycles. The monoisotopic (exact) mass is 334 g/mol. The highest BCUT2D eigenvalue weighted by atomic mass is 35.6. The summed E-state index contributed by atoms with van der Waals surface area (Å²) in [5.74, 6) is 0. The Hall–Kier alpha value is 0.830. The van der Waals surface area contributed by atoms with Crippen LogP contribution in [0.3, 0.4) is 0 Å². The molecule has 0 saturated heterocycles. The second kappa shape index (κ2) is 27.2. The molecule has 1 N–H and O–H groups in total. The highest BCUT2D eigenvalue weighted by Gasteiger charge is 1.95. The van der Waals surface area contributed by atoms with Crippen molar-refractivity contribution in [3.8, 4) is 0 Å². The smallest absolute Gasteiger partial charge is 0.180 e. The van der Waals surface area contributed by atoms with Crippen LogP contribution in [0.2, 0.25) is 0 Å². The van der Waals surface area contributed by atoms with Crippen LogP contribution in [0.15, 0.2) is 0 Å². The molecule has 1 saturated carbocycles. The molecule has 0 radical (unpaired) electrons. The Labute approximate surface area is 136 Å². The van der Waals surface area contributed by atoms with Crippen LogP contribution in [0.4, 0.5) is 0 Å². The average molecular weight is 336 g/mol.